The summed E-state index contributed by atoms with van der Waals surface area (Å²) in [5.74, 6) is -2.40. The first kappa shape index (κ1) is 12.2. The highest BCUT2D eigenvalue weighted by atomic mass is 127. The molecule has 0 spiro atoms. The van der Waals surface area contributed by atoms with Crippen LogP contribution < -0.4 is 0 Å². The van der Waals surface area contributed by atoms with Gasteiger partial charge in [-0.05, 0) is 28.7 Å². The highest BCUT2D eigenvalue weighted by Gasteiger charge is 2.18. The Morgan fingerprint density at radius 1 is 1.60 bits per heavy atom. The third-order valence-electron chi connectivity index (χ3n) is 1.58. The number of nitrogens with zero attached hydrogens (tertiary/aromatic N) is 1. The van der Waals surface area contributed by atoms with E-state index in [9.17, 15) is 18.0 Å². The molecule has 1 aromatic rings. The Kier molecular flexibility index (Phi) is 3.89. The molecule has 0 amide bonds. The molecule has 0 bridgehead atoms. The van der Waals surface area contributed by atoms with E-state index >= 15 is 0 Å². The van der Waals surface area contributed by atoms with Gasteiger partial charge in [0.05, 0.1) is 6.42 Å². The van der Waals surface area contributed by atoms with Gasteiger partial charge in [0.1, 0.15) is 5.69 Å². The van der Waals surface area contributed by atoms with E-state index in [2.05, 4.69) is 4.98 Å². The van der Waals surface area contributed by atoms with Crippen molar-refractivity contribution < 1.29 is 23.1 Å². The summed E-state index contributed by atoms with van der Waals surface area (Å²) in [4.78, 5) is 13.3. The number of carboxylic acids is 1. The van der Waals surface area contributed by atoms with Crippen molar-refractivity contribution in [2.24, 2.45) is 0 Å². The molecule has 0 aliphatic carbocycles. The number of halogens is 4. The molecule has 0 saturated carbocycles. The molecule has 15 heavy (non-hydrogen) atoms. The van der Waals surface area contributed by atoms with Crippen LogP contribution in [-0.4, -0.2) is 16.1 Å². The Morgan fingerprint density at radius 3 is 2.67 bits per heavy atom. The Balaban J connectivity index is 3.13. The minimum atomic E-state index is -2.87. The van der Waals surface area contributed by atoms with Crippen molar-refractivity contribution in [2.75, 3.05) is 0 Å². The van der Waals surface area contributed by atoms with Gasteiger partial charge in [0.2, 0.25) is 5.95 Å². The van der Waals surface area contributed by atoms with Gasteiger partial charge in [-0.1, -0.05) is 0 Å². The number of rotatable bonds is 3. The topological polar surface area (TPSA) is 50.2 Å². The van der Waals surface area contributed by atoms with Crippen LogP contribution in [-0.2, 0) is 11.2 Å². The van der Waals surface area contributed by atoms with Crippen LogP contribution in [0.15, 0.2) is 6.07 Å². The second-order valence-electron chi connectivity index (χ2n) is 2.68. The Labute approximate surface area is 96.5 Å². The molecule has 0 atom stereocenters. The van der Waals surface area contributed by atoms with Gasteiger partial charge in [0.15, 0.2) is 0 Å². The number of alkyl halides is 2. The number of aromatic nitrogens is 1. The molecule has 1 heterocycles. The molecule has 1 N–H and O–H groups in total. The van der Waals surface area contributed by atoms with Gasteiger partial charge in [-0.25, -0.2) is 13.8 Å². The largest absolute Gasteiger partial charge is 0.481 e. The van der Waals surface area contributed by atoms with E-state index < -0.39 is 30.5 Å². The molecule has 0 fully saturated rings. The van der Waals surface area contributed by atoms with E-state index in [0.717, 1.165) is 6.07 Å². The Bertz CT molecular complexity index is 398. The fraction of sp³-hybridized carbons (Fsp3) is 0.250. The zero-order chi connectivity index (χ0) is 11.6. The quantitative estimate of drug-likeness (QED) is 0.684. The number of aliphatic carboxylic acids is 1. The highest BCUT2D eigenvalue weighted by Crippen LogP contribution is 2.24. The molecule has 1 aromatic heterocycles. The van der Waals surface area contributed by atoms with Gasteiger partial charge < -0.3 is 5.11 Å². The number of carbonyl (C=O) groups is 1. The first-order valence-electron chi connectivity index (χ1n) is 3.76. The molecular formula is C8H5F3INO2. The van der Waals surface area contributed by atoms with Crippen LogP contribution in [0.4, 0.5) is 13.2 Å². The van der Waals surface area contributed by atoms with Crippen molar-refractivity contribution in [3.8, 4) is 0 Å². The fourth-order valence-corrected chi connectivity index (χ4v) is 1.69. The van der Waals surface area contributed by atoms with Crippen molar-refractivity contribution in [2.45, 2.75) is 12.8 Å². The van der Waals surface area contributed by atoms with Gasteiger partial charge in [0.25, 0.3) is 6.43 Å². The first-order valence-corrected chi connectivity index (χ1v) is 4.84. The van der Waals surface area contributed by atoms with Crippen LogP contribution in [0.3, 0.4) is 0 Å². The third kappa shape index (κ3) is 3.05. The Morgan fingerprint density at radius 2 is 2.20 bits per heavy atom. The van der Waals surface area contributed by atoms with Crippen molar-refractivity contribution in [1.29, 1.82) is 0 Å². The van der Waals surface area contributed by atoms with Gasteiger partial charge in [-0.15, -0.1) is 0 Å². The summed E-state index contributed by atoms with van der Waals surface area (Å²) in [7, 11) is 0. The molecule has 7 heteroatoms. The number of hydrogen-bond acceptors (Lipinski definition) is 2. The van der Waals surface area contributed by atoms with E-state index in [4.69, 9.17) is 5.11 Å². The molecule has 0 saturated heterocycles. The van der Waals surface area contributed by atoms with E-state index in [1.165, 1.54) is 0 Å². The standard InChI is InChI=1S/C8H5F3INO2/c9-7(10)6-4(12)1-3(2-5(14)15)8(11)13-6/h1,7H,2H2,(H,14,15). The molecule has 0 aromatic carbocycles. The number of hydrogen-bond donors (Lipinski definition) is 1. The lowest BCUT2D eigenvalue weighted by atomic mass is 10.2. The van der Waals surface area contributed by atoms with Gasteiger partial charge >= 0.3 is 5.97 Å². The van der Waals surface area contributed by atoms with Crippen LogP contribution in [0.5, 0.6) is 0 Å². The maximum Gasteiger partial charge on any atom is 0.307 e. The maximum absolute atomic E-state index is 13.0. The van der Waals surface area contributed by atoms with Crippen LogP contribution in [0.2, 0.25) is 0 Å². The minimum absolute atomic E-state index is 0.0558. The molecule has 0 aliphatic heterocycles. The summed E-state index contributed by atoms with van der Waals surface area (Å²) in [5, 5.41) is 8.42. The molecule has 3 nitrogen and oxygen atoms in total. The van der Waals surface area contributed by atoms with Gasteiger partial charge in [0, 0.05) is 9.13 Å². The number of carboxylic acid groups (broad SMARTS) is 1. The molecular weight excluding hydrogens is 326 g/mol. The van der Waals surface area contributed by atoms with Gasteiger partial charge in [-0.2, -0.15) is 4.39 Å². The predicted octanol–water partition coefficient (Wildman–Crippen LogP) is 2.39. The molecule has 0 unspecified atom stereocenters. The summed E-state index contributed by atoms with van der Waals surface area (Å²) in [6.07, 6.45) is -3.44. The SMILES string of the molecule is O=C(O)Cc1cc(I)c(C(F)F)nc1F. The zero-order valence-corrected chi connectivity index (χ0v) is 9.33. The van der Waals surface area contributed by atoms with Crippen LogP contribution >= 0.6 is 22.6 Å². The second-order valence-corrected chi connectivity index (χ2v) is 3.84. The first-order chi connectivity index (χ1) is 6.91. The summed E-state index contributed by atoms with van der Waals surface area (Å²) < 4.78 is 37.6. The van der Waals surface area contributed by atoms with Crippen molar-refractivity contribution >= 4 is 28.6 Å². The second kappa shape index (κ2) is 4.77. The molecule has 1 rings (SSSR count). The summed E-state index contributed by atoms with van der Waals surface area (Å²) >= 11 is 1.56. The average molecular weight is 331 g/mol. The van der Waals surface area contributed by atoms with Gasteiger partial charge in [-0.3, -0.25) is 4.79 Å². The number of pyridine rings is 1. The lowest BCUT2D eigenvalue weighted by Gasteiger charge is -2.05. The monoisotopic (exact) mass is 331 g/mol. The molecule has 0 radical (unpaired) electrons. The van der Waals surface area contributed by atoms with Crippen molar-refractivity contribution in [3.63, 3.8) is 0 Å². The van der Waals surface area contributed by atoms with E-state index in [0.29, 0.717) is 0 Å². The van der Waals surface area contributed by atoms with Crippen molar-refractivity contribution in [3.05, 3.63) is 26.8 Å². The summed E-state index contributed by atoms with van der Waals surface area (Å²) in [6, 6.07) is 1.07. The average Bonchev–Trinajstić information content (AvgIpc) is 2.09. The Hall–Kier alpha value is -0.860. The van der Waals surface area contributed by atoms with Crippen LogP contribution in [0.25, 0.3) is 0 Å². The lowest BCUT2D eigenvalue weighted by molar-refractivity contribution is -0.136. The summed E-state index contributed by atoms with van der Waals surface area (Å²) in [6.45, 7) is 0. The summed E-state index contributed by atoms with van der Waals surface area (Å²) in [5.41, 5.74) is -0.862. The van der Waals surface area contributed by atoms with Crippen LogP contribution in [0.1, 0.15) is 17.7 Å². The lowest BCUT2D eigenvalue weighted by Crippen LogP contribution is -2.07. The van der Waals surface area contributed by atoms with Crippen molar-refractivity contribution in [1.82, 2.24) is 4.98 Å². The normalized spacial score (nSPS) is 10.7. The minimum Gasteiger partial charge on any atom is -0.481 e. The van der Waals surface area contributed by atoms with E-state index in [1.54, 1.807) is 22.6 Å². The predicted molar refractivity (Wildman–Crippen MR) is 53.2 cm³/mol. The smallest absolute Gasteiger partial charge is 0.307 e. The fourth-order valence-electron chi connectivity index (χ4n) is 0.957. The van der Waals surface area contributed by atoms with E-state index in [1.807, 2.05) is 0 Å². The third-order valence-corrected chi connectivity index (χ3v) is 2.44. The zero-order valence-electron chi connectivity index (χ0n) is 7.18. The van der Waals surface area contributed by atoms with E-state index in [-0.39, 0.29) is 9.13 Å². The van der Waals surface area contributed by atoms with Crippen LogP contribution in [0, 0.1) is 9.52 Å². The molecule has 82 valence electrons. The molecule has 0 aliphatic rings. The highest BCUT2D eigenvalue weighted by molar-refractivity contribution is 14.1. The maximum atomic E-state index is 13.0.